The van der Waals surface area contributed by atoms with E-state index in [1.54, 1.807) is 0 Å². The van der Waals surface area contributed by atoms with Crippen molar-refractivity contribution in [3.63, 3.8) is 0 Å². The van der Waals surface area contributed by atoms with Crippen molar-refractivity contribution in [2.75, 3.05) is 33.4 Å². The van der Waals surface area contributed by atoms with E-state index in [1.165, 1.54) is 12.3 Å². The smallest absolute Gasteiger partial charge is 0.229 e. The van der Waals surface area contributed by atoms with Gasteiger partial charge >= 0.3 is 0 Å². The van der Waals surface area contributed by atoms with Gasteiger partial charge in [0.15, 0.2) is 0 Å². The molecule has 1 atom stereocenters. The van der Waals surface area contributed by atoms with E-state index in [2.05, 4.69) is 22.0 Å². The standard InChI is InChI=1S/C14H23N3O4/c1-11(16-21)3-6-15-13(20)12(9-18)14(10-19)4-7-17(2)8-5-14/h3,6,12,18-19H,1,4-5,7-10H2,2H3,(H,15,20)/b6-3+. The number of amides is 1. The summed E-state index contributed by atoms with van der Waals surface area (Å²) in [6.45, 7) is 4.41. The van der Waals surface area contributed by atoms with E-state index in [9.17, 15) is 19.9 Å². The highest BCUT2D eigenvalue weighted by atomic mass is 16.3. The summed E-state index contributed by atoms with van der Waals surface area (Å²) >= 11 is 0. The topological polar surface area (TPSA) is 102 Å². The molecule has 1 heterocycles. The van der Waals surface area contributed by atoms with Gasteiger partial charge in [-0.3, -0.25) is 4.79 Å². The molecule has 0 radical (unpaired) electrons. The van der Waals surface area contributed by atoms with Crippen LogP contribution in [0.3, 0.4) is 0 Å². The van der Waals surface area contributed by atoms with Crippen LogP contribution in [0.4, 0.5) is 0 Å². The molecule has 3 N–H and O–H groups in total. The Hall–Kier alpha value is -1.57. The first-order valence-corrected chi connectivity index (χ1v) is 6.88. The average molecular weight is 297 g/mol. The molecule has 7 heteroatoms. The first-order valence-electron chi connectivity index (χ1n) is 6.88. The van der Waals surface area contributed by atoms with Crippen molar-refractivity contribution < 1.29 is 15.0 Å². The number of hydrogen-bond acceptors (Lipinski definition) is 6. The fourth-order valence-electron chi connectivity index (χ4n) is 2.59. The number of carbonyl (C=O) groups excluding carboxylic acids is 1. The Labute approximate surface area is 124 Å². The third-order valence-corrected chi connectivity index (χ3v) is 4.15. The number of nitrogens with zero attached hydrogens (tertiary/aromatic N) is 2. The van der Waals surface area contributed by atoms with Gasteiger partial charge in [0.1, 0.15) is 5.70 Å². The van der Waals surface area contributed by atoms with Gasteiger partial charge in [0.05, 0.1) is 12.5 Å². The molecule has 7 nitrogen and oxygen atoms in total. The monoisotopic (exact) mass is 297 g/mol. The number of hydrogen-bond donors (Lipinski definition) is 3. The first kappa shape index (κ1) is 17.5. The number of aliphatic hydroxyl groups excluding tert-OH is 2. The summed E-state index contributed by atoms with van der Waals surface area (Å²) in [7, 11) is 1.98. The number of likely N-dealkylation sites (tertiary alicyclic amines) is 1. The van der Waals surface area contributed by atoms with E-state index in [-0.39, 0.29) is 24.8 Å². The van der Waals surface area contributed by atoms with Crippen LogP contribution in [-0.2, 0) is 4.79 Å². The van der Waals surface area contributed by atoms with Crippen LogP contribution in [0.1, 0.15) is 12.8 Å². The summed E-state index contributed by atoms with van der Waals surface area (Å²) in [5.74, 6) is -1.08. The molecule has 0 saturated carbocycles. The van der Waals surface area contributed by atoms with Gasteiger partial charge in [-0.2, -0.15) is 0 Å². The lowest BCUT2D eigenvalue weighted by molar-refractivity contribution is -0.134. The number of nitroso groups, excluding NO2 is 1. The van der Waals surface area contributed by atoms with E-state index < -0.39 is 11.3 Å². The van der Waals surface area contributed by atoms with E-state index >= 15 is 0 Å². The van der Waals surface area contributed by atoms with Gasteiger partial charge in [-0.05, 0) is 44.2 Å². The lowest BCUT2D eigenvalue weighted by Gasteiger charge is -2.43. The van der Waals surface area contributed by atoms with Crippen LogP contribution in [0.15, 0.2) is 29.7 Å². The summed E-state index contributed by atoms with van der Waals surface area (Å²) in [5, 5.41) is 24.4. The van der Waals surface area contributed by atoms with Gasteiger partial charge in [-0.15, -0.1) is 4.91 Å². The molecular formula is C14H23N3O4. The van der Waals surface area contributed by atoms with Gasteiger partial charge in [0.2, 0.25) is 5.91 Å². The van der Waals surface area contributed by atoms with Crippen molar-refractivity contribution in [2.45, 2.75) is 12.8 Å². The van der Waals surface area contributed by atoms with Crippen molar-refractivity contribution in [3.05, 3.63) is 29.5 Å². The number of piperidine rings is 1. The van der Waals surface area contributed by atoms with E-state index in [0.717, 1.165) is 13.1 Å². The lowest BCUT2D eigenvalue weighted by Crippen LogP contribution is -2.50. The minimum Gasteiger partial charge on any atom is -0.396 e. The number of allylic oxidation sites excluding steroid dienone is 1. The molecule has 0 aromatic heterocycles. The number of aliphatic hydroxyl groups is 2. The second-order valence-electron chi connectivity index (χ2n) is 5.48. The Kier molecular flexibility index (Phi) is 6.67. The van der Waals surface area contributed by atoms with Crippen molar-refractivity contribution in [1.29, 1.82) is 0 Å². The molecule has 0 aliphatic carbocycles. The number of rotatable bonds is 7. The summed E-state index contributed by atoms with van der Waals surface area (Å²) in [5.41, 5.74) is -0.619. The molecular weight excluding hydrogens is 274 g/mol. The molecule has 1 fully saturated rings. The summed E-state index contributed by atoms with van der Waals surface area (Å²) in [6.07, 6.45) is 3.84. The Morgan fingerprint density at radius 2 is 2.10 bits per heavy atom. The quantitative estimate of drug-likeness (QED) is 0.460. The van der Waals surface area contributed by atoms with Crippen LogP contribution in [0, 0.1) is 16.2 Å². The maximum atomic E-state index is 12.2. The number of nitrogens with one attached hydrogen (secondary N) is 1. The van der Waals surface area contributed by atoms with E-state index in [0.29, 0.717) is 12.8 Å². The molecule has 1 rings (SSSR count). The molecule has 1 unspecified atom stereocenters. The Balaban J connectivity index is 2.75. The zero-order valence-corrected chi connectivity index (χ0v) is 12.3. The Morgan fingerprint density at radius 1 is 1.48 bits per heavy atom. The minimum atomic E-state index is -0.696. The molecule has 0 spiro atoms. The lowest BCUT2D eigenvalue weighted by atomic mass is 9.69. The maximum Gasteiger partial charge on any atom is 0.229 e. The van der Waals surface area contributed by atoms with Crippen molar-refractivity contribution in [2.24, 2.45) is 16.5 Å². The van der Waals surface area contributed by atoms with Crippen molar-refractivity contribution in [3.8, 4) is 0 Å². The Morgan fingerprint density at radius 3 is 2.57 bits per heavy atom. The predicted molar refractivity (Wildman–Crippen MR) is 79.0 cm³/mol. The van der Waals surface area contributed by atoms with Gasteiger partial charge in [0, 0.05) is 18.2 Å². The van der Waals surface area contributed by atoms with Crippen LogP contribution in [-0.4, -0.2) is 54.4 Å². The summed E-state index contributed by atoms with van der Waals surface area (Å²) in [4.78, 5) is 24.5. The zero-order chi connectivity index (χ0) is 15.9. The molecule has 0 aromatic carbocycles. The normalized spacial score (nSPS) is 20.1. The maximum absolute atomic E-state index is 12.2. The third-order valence-electron chi connectivity index (χ3n) is 4.15. The first-order chi connectivity index (χ1) is 9.99. The second kappa shape index (κ2) is 8.02. The molecule has 118 valence electrons. The van der Waals surface area contributed by atoms with Gasteiger partial charge in [0.25, 0.3) is 0 Å². The van der Waals surface area contributed by atoms with Crippen molar-refractivity contribution >= 4 is 5.91 Å². The zero-order valence-electron chi connectivity index (χ0n) is 12.3. The highest BCUT2D eigenvalue weighted by Gasteiger charge is 2.43. The minimum absolute atomic E-state index is 0.00740. The largest absolute Gasteiger partial charge is 0.396 e. The molecule has 21 heavy (non-hydrogen) atoms. The highest BCUT2D eigenvalue weighted by Crippen LogP contribution is 2.38. The average Bonchev–Trinajstić information content (AvgIpc) is 2.50. The van der Waals surface area contributed by atoms with Gasteiger partial charge < -0.3 is 20.4 Å². The SMILES string of the molecule is C=C(/C=C/NC(=O)C(CO)C1(CO)CCN(C)CC1)N=O. The van der Waals surface area contributed by atoms with Gasteiger partial charge in [-0.1, -0.05) is 6.58 Å². The summed E-state index contributed by atoms with van der Waals surface area (Å²) in [6, 6.07) is 0. The molecule has 1 aliphatic rings. The second-order valence-corrected chi connectivity index (χ2v) is 5.48. The fourth-order valence-corrected chi connectivity index (χ4v) is 2.59. The summed E-state index contributed by atoms with van der Waals surface area (Å²) < 4.78 is 0. The highest BCUT2D eigenvalue weighted by molar-refractivity contribution is 5.80. The number of carbonyl (C=O) groups is 1. The fraction of sp³-hybridized carbons (Fsp3) is 0.643. The molecule has 1 saturated heterocycles. The third kappa shape index (κ3) is 4.45. The Bertz CT molecular complexity index is 414. The molecule has 0 aromatic rings. The van der Waals surface area contributed by atoms with Crippen molar-refractivity contribution in [1.82, 2.24) is 10.2 Å². The molecule has 0 bridgehead atoms. The molecule has 1 aliphatic heterocycles. The van der Waals surface area contributed by atoms with Crippen LogP contribution in [0.25, 0.3) is 0 Å². The van der Waals surface area contributed by atoms with Crippen LogP contribution in [0.5, 0.6) is 0 Å². The van der Waals surface area contributed by atoms with Gasteiger partial charge in [-0.25, -0.2) is 0 Å². The predicted octanol–water partition coefficient (Wildman–Crippen LogP) is 0.209. The molecule has 1 amide bonds. The van der Waals surface area contributed by atoms with Crippen LogP contribution >= 0.6 is 0 Å². The van der Waals surface area contributed by atoms with Crippen LogP contribution < -0.4 is 5.32 Å². The van der Waals surface area contributed by atoms with E-state index in [4.69, 9.17) is 0 Å². The van der Waals surface area contributed by atoms with E-state index in [1.807, 2.05) is 7.05 Å². The van der Waals surface area contributed by atoms with Crippen LogP contribution in [0.2, 0.25) is 0 Å².